The molecular weight excluding hydrogens is 528 g/mol. The molecule has 240 valence electrons. The van der Waals surface area contributed by atoms with Crippen LogP contribution in [0.3, 0.4) is 0 Å². The minimum Gasteiger partial charge on any atom is -0.377 e. The normalized spacial score (nSPS) is 15.8. The van der Waals surface area contributed by atoms with Crippen LogP contribution in [-0.2, 0) is 56.8 Å². The molecular formula is C28H56O12. The average Bonchev–Trinajstić information content (AvgIpc) is 2.96. The molecule has 12 heteroatoms. The van der Waals surface area contributed by atoms with Crippen molar-refractivity contribution in [1.82, 2.24) is 0 Å². The minimum absolute atomic E-state index is 0.0619. The average molecular weight is 585 g/mol. The Balaban J connectivity index is 1.61. The molecule has 1 saturated heterocycles. The van der Waals surface area contributed by atoms with Crippen LogP contribution < -0.4 is 0 Å². The molecule has 1 aliphatic heterocycles. The van der Waals surface area contributed by atoms with Gasteiger partial charge in [-0.1, -0.05) is 0 Å². The third kappa shape index (κ3) is 29.0. The standard InChI is InChI=1S/C28H56O12/c1-27(2)38-25-23-36-21-19-34-17-15-32-13-11-30-9-7-29-8-10-31-12-14-33-16-18-35-20-22-37-24-26-40-28-5-3-4-6-39-28/h27-28H,3-26H2,1-2H3. The van der Waals surface area contributed by atoms with Crippen molar-refractivity contribution in [2.24, 2.45) is 0 Å². The van der Waals surface area contributed by atoms with Crippen LogP contribution in [0.5, 0.6) is 0 Å². The van der Waals surface area contributed by atoms with Crippen molar-refractivity contribution in [3.63, 3.8) is 0 Å². The fourth-order valence-electron chi connectivity index (χ4n) is 3.29. The first-order valence-corrected chi connectivity index (χ1v) is 14.8. The van der Waals surface area contributed by atoms with Crippen molar-refractivity contribution >= 4 is 0 Å². The predicted octanol–water partition coefficient (Wildman–Crippen LogP) is 2.10. The molecule has 1 rings (SSSR count). The van der Waals surface area contributed by atoms with E-state index in [4.69, 9.17) is 56.8 Å². The molecule has 0 spiro atoms. The van der Waals surface area contributed by atoms with Crippen LogP contribution in [0.2, 0.25) is 0 Å². The summed E-state index contributed by atoms with van der Waals surface area (Å²) in [5, 5.41) is 0. The molecule has 1 fully saturated rings. The van der Waals surface area contributed by atoms with Crippen molar-refractivity contribution in [2.75, 3.05) is 139 Å². The Morgan fingerprint density at radius 3 is 1.07 bits per heavy atom. The summed E-state index contributed by atoms with van der Waals surface area (Å²) in [5.41, 5.74) is 0. The Hall–Kier alpha value is -0.480. The highest BCUT2D eigenvalue weighted by atomic mass is 16.7. The van der Waals surface area contributed by atoms with Gasteiger partial charge in [-0.2, -0.15) is 0 Å². The molecule has 40 heavy (non-hydrogen) atoms. The van der Waals surface area contributed by atoms with Gasteiger partial charge in [0.05, 0.1) is 138 Å². The van der Waals surface area contributed by atoms with Gasteiger partial charge in [0.25, 0.3) is 0 Å². The number of rotatable bonds is 32. The van der Waals surface area contributed by atoms with Crippen LogP contribution in [0.25, 0.3) is 0 Å². The Kier molecular flexibility index (Phi) is 29.5. The van der Waals surface area contributed by atoms with Crippen LogP contribution in [0.15, 0.2) is 0 Å². The predicted molar refractivity (Wildman–Crippen MR) is 148 cm³/mol. The second-order valence-corrected chi connectivity index (χ2v) is 9.10. The monoisotopic (exact) mass is 584 g/mol. The molecule has 1 atom stereocenters. The van der Waals surface area contributed by atoms with E-state index in [0.717, 1.165) is 19.4 Å². The minimum atomic E-state index is -0.0619. The smallest absolute Gasteiger partial charge is 0.157 e. The van der Waals surface area contributed by atoms with E-state index < -0.39 is 0 Å². The van der Waals surface area contributed by atoms with E-state index in [1.165, 1.54) is 6.42 Å². The first-order chi connectivity index (χ1) is 19.8. The molecule has 12 nitrogen and oxygen atoms in total. The lowest BCUT2D eigenvalue weighted by Gasteiger charge is -2.22. The molecule has 0 aromatic carbocycles. The molecule has 0 aromatic rings. The highest BCUT2D eigenvalue weighted by Crippen LogP contribution is 2.13. The van der Waals surface area contributed by atoms with Gasteiger partial charge in [0.2, 0.25) is 0 Å². The zero-order valence-electron chi connectivity index (χ0n) is 25.0. The van der Waals surface area contributed by atoms with Gasteiger partial charge in [-0.3, -0.25) is 0 Å². The van der Waals surface area contributed by atoms with Crippen LogP contribution in [0, 0.1) is 0 Å². The summed E-state index contributed by atoms with van der Waals surface area (Å²) in [6.45, 7) is 15.6. The molecule has 0 N–H and O–H groups in total. The fourth-order valence-corrected chi connectivity index (χ4v) is 3.29. The Labute approximate surface area is 241 Å². The maximum absolute atomic E-state index is 5.60. The summed E-state index contributed by atoms with van der Waals surface area (Å²) >= 11 is 0. The quantitative estimate of drug-likeness (QED) is 0.108. The van der Waals surface area contributed by atoms with Crippen LogP contribution >= 0.6 is 0 Å². The SMILES string of the molecule is CC(C)OCCOCCOCCOCCOCCOCCOCCOCCOCCOCCOC1CCCCO1. The lowest BCUT2D eigenvalue weighted by atomic mass is 10.2. The summed E-state index contributed by atoms with van der Waals surface area (Å²) in [4.78, 5) is 0. The lowest BCUT2D eigenvalue weighted by molar-refractivity contribution is -0.169. The summed E-state index contributed by atoms with van der Waals surface area (Å²) in [6, 6.07) is 0. The van der Waals surface area contributed by atoms with Crippen molar-refractivity contribution < 1.29 is 56.8 Å². The van der Waals surface area contributed by atoms with Gasteiger partial charge in [-0.15, -0.1) is 0 Å². The van der Waals surface area contributed by atoms with Crippen molar-refractivity contribution in [2.45, 2.75) is 45.5 Å². The van der Waals surface area contributed by atoms with Crippen molar-refractivity contribution in [3.8, 4) is 0 Å². The second kappa shape index (κ2) is 31.5. The van der Waals surface area contributed by atoms with Crippen LogP contribution in [0.4, 0.5) is 0 Å². The third-order valence-electron chi connectivity index (χ3n) is 5.32. The van der Waals surface area contributed by atoms with Gasteiger partial charge in [0.15, 0.2) is 6.29 Å². The van der Waals surface area contributed by atoms with Gasteiger partial charge in [-0.25, -0.2) is 0 Å². The van der Waals surface area contributed by atoms with Gasteiger partial charge in [0, 0.05) is 6.61 Å². The van der Waals surface area contributed by atoms with E-state index in [-0.39, 0.29) is 12.4 Å². The topological polar surface area (TPSA) is 111 Å². The molecule has 1 heterocycles. The molecule has 0 aliphatic carbocycles. The highest BCUT2D eigenvalue weighted by Gasteiger charge is 2.13. The van der Waals surface area contributed by atoms with E-state index in [1.807, 2.05) is 13.8 Å². The summed E-state index contributed by atoms with van der Waals surface area (Å²) < 4.78 is 65.6. The van der Waals surface area contributed by atoms with Gasteiger partial charge in [-0.05, 0) is 33.1 Å². The molecule has 1 unspecified atom stereocenters. The van der Waals surface area contributed by atoms with Gasteiger partial charge < -0.3 is 56.8 Å². The zero-order valence-corrected chi connectivity index (χ0v) is 25.0. The third-order valence-corrected chi connectivity index (χ3v) is 5.32. The molecule has 0 saturated carbocycles. The van der Waals surface area contributed by atoms with E-state index in [1.54, 1.807) is 0 Å². The maximum Gasteiger partial charge on any atom is 0.157 e. The lowest BCUT2D eigenvalue weighted by Crippen LogP contribution is -2.24. The van der Waals surface area contributed by atoms with E-state index in [2.05, 4.69) is 0 Å². The zero-order chi connectivity index (χ0) is 28.6. The number of ether oxygens (including phenoxy) is 12. The van der Waals surface area contributed by atoms with E-state index >= 15 is 0 Å². The molecule has 0 bridgehead atoms. The molecule has 1 aliphatic rings. The van der Waals surface area contributed by atoms with Crippen LogP contribution in [-0.4, -0.2) is 151 Å². The largest absolute Gasteiger partial charge is 0.377 e. The Morgan fingerprint density at radius 1 is 0.450 bits per heavy atom. The molecule has 0 aromatic heterocycles. The van der Waals surface area contributed by atoms with Crippen molar-refractivity contribution in [1.29, 1.82) is 0 Å². The first-order valence-electron chi connectivity index (χ1n) is 14.8. The Morgan fingerprint density at radius 2 is 0.775 bits per heavy atom. The van der Waals surface area contributed by atoms with E-state index in [9.17, 15) is 0 Å². The van der Waals surface area contributed by atoms with Gasteiger partial charge in [0.1, 0.15) is 0 Å². The Bertz CT molecular complexity index is 480. The highest BCUT2D eigenvalue weighted by molar-refractivity contribution is 4.53. The summed E-state index contributed by atoms with van der Waals surface area (Å²) in [5.74, 6) is 0. The second-order valence-electron chi connectivity index (χ2n) is 9.10. The fraction of sp³-hybridized carbons (Fsp3) is 1.00. The maximum atomic E-state index is 5.60. The van der Waals surface area contributed by atoms with Crippen molar-refractivity contribution in [3.05, 3.63) is 0 Å². The van der Waals surface area contributed by atoms with Crippen LogP contribution in [0.1, 0.15) is 33.1 Å². The summed E-state index contributed by atoms with van der Waals surface area (Å²) in [6.07, 6.45) is 3.44. The molecule has 0 radical (unpaired) electrons. The number of hydrogen-bond acceptors (Lipinski definition) is 12. The van der Waals surface area contributed by atoms with Gasteiger partial charge >= 0.3 is 0 Å². The first kappa shape index (κ1) is 37.5. The number of hydrogen-bond donors (Lipinski definition) is 0. The van der Waals surface area contributed by atoms with E-state index in [0.29, 0.717) is 132 Å². The molecule has 0 amide bonds. The summed E-state index contributed by atoms with van der Waals surface area (Å²) in [7, 11) is 0.